The zero-order valence-corrected chi connectivity index (χ0v) is 75.3. The molecule has 0 saturated carbocycles. The third kappa shape index (κ3) is 30.4. The molecule has 0 aromatic heterocycles. The van der Waals surface area contributed by atoms with Gasteiger partial charge >= 0.3 is 47.8 Å². The standard InChI is InChI=1S/C97H108N6O23/c1-26-53-27-29-54(30-28-53)52-118-75-50-59(80(108)98-69-38-55(76(104)100-71-42-61(82(110)119-90(2,3)4)34-62(43-71)83(111)120-91(5,6)7)31-56(39-69)77(105)101-72-44-63(84(112)121-92(8,9)10)35-64(45-72)85(113)122-93(11,12)13)33-60(51-75)81(109)99-70-40-57(78(106)102-73-46-65(86(114)123-94(14,15)16)36-66(47-73)87(115)124-95(17,18)19)32-58(41-70)79(107)103-74-48-67(88(116)125-96(20,21)22)37-68(49-74)89(117)126-97(23,24)25/h26-51H,1,52H2,2-25H3,(H,98,108)(H,99,109)(H,100,104)(H,101,105)(H,102,106)(H,103,107). The van der Waals surface area contributed by atoms with Gasteiger partial charge in [-0.15, -0.1) is 0 Å². The zero-order valence-electron chi connectivity index (χ0n) is 75.3. The Kier molecular flexibility index (Phi) is 29.6. The molecule has 0 spiro atoms. The van der Waals surface area contributed by atoms with Gasteiger partial charge in [0.25, 0.3) is 35.4 Å². The maximum Gasteiger partial charge on any atom is 0.338 e. The molecule has 0 fully saturated rings. The van der Waals surface area contributed by atoms with Gasteiger partial charge in [0, 0.05) is 67.5 Å². The molecule has 0 heterocycles. The summed E-state index contributed by atoms with van der Waals surface area (Å²) < 4.78 is 51.5. The molecule has 0 aliphatic heterocycles. The highest BCUT2D eigenvalue weighted by molar-refractivity contribution is 6.16. The maximum absolute atomic E-state index is 15.3. The Labute approximate surface area is 732 Å². The van der Waals surface area contributed by atoms with Crippen molar-refractivity contribution in [1.82, 2.24) is 0 Å². The summed E-state index contributed by atoms with van der Waals surface area (Å²) in [5.74, 6) is -13.1. The molecule has 8 aromatic carbocycles. The summed E-state index contributed by atoms with van der Waals surface area (Å²) in [5, 5.41) is 16.1. The molecule has 0 atom stereocenters. The van der Waals surface area contributed by atoms with E-state index in [9.17, 15) is 57.5 Å². The first kappa shape index (κ1) is 97.3. The minimum Gasteiger partial charge on any atom is -0.489 e. The van der Waals surface area contributed by atoms with Crippen LogP contribution in [0.25, 0.3) is 6.08 Å². The van der Waals surface area contributed by atoms with Gasteiger partial charge in [-0.3, -0.25) is 28.8 Å². The number of carbonyl (C=O) groups is 14. The quantitative estimate of drug-likeness (QED) is 0.0242. The average Bonchev–Trinajstić information content (AvgIpc) is 0.802. The van der Waals surface area contributed by atoms with Crippen molar-refractivity contribution < 1.29 is 110 Å². The van der Waals surface area contributed by atoms with Gasteiger partial charge in [-0.05, 0) is 305 Å². The molecule has 0 unspecified atom stereocenters. The van der Waals surface area contributed by atoms with Gasteiger partial charge in [-0.2, -0.15) is 0 Å². The van der Waals surface area contributed by atoms with Crippen LogP contribution < -0.4 is 36.6 Å². The second-order valence-corrected chi connectivity index (χ2v) is 37.5. The van der Waals surface area contributed by atoms with E-state index >= 15 is 9.59 Å². The summed E-state index contributed by atoms with van der Waals surface area (Å²) in [5.41, 5.74) is -11.2. The first-order chi connectivity index (χ1) is 58.0. The number of carbonyl (C=O) groups excluding carboxylic acids is 14. The van der Waals surface area contributed by atoms with Crippen LogP contribution in [-0.2, 0) is 44.5 Å². The Morgan fingerprint density at radius 1 is 0.230 bits per heavy atom. The Hall–Kier alpha value is -14.1. The van der Waals surface area contributed by atoms with E-state index < -0.39 is 128 Å². The van der Waals surface area contributed by atoms with Gasteiger partial charge in [0.15, 0.2) is 0 Å². The number of esters is 8. The van der Waals surface area contributed by atoms with Gasteiger partial charge < -0.3 is 74.5 Å². The molecule has 0 aliphatic rings. The molecule has 6 N–H and O–H groups in total. The fourth-order valence-corrected chi connectivity index (χ4v) is 11.4. The first-order valence-corrected chi connectivity index (χ1v) is 40.1. The van der Waals surface area contributed by atoms with Crippen molar-refractivity contribution in [3.63, 3.8) is 0 Å². The van der Waals surface area contributed by atoms with E-state index in [4.69, 9.17) is 42.6 Å². The summed E-state index contributed by atoms with van der Waals surface area (Å²) in [6, 6.07) is 32.5. The molecule has 0 saturated heterocycles. The van der Waals surface area contributed by atoms with Crippen molar-refractivity contribution in [1.29, 1.82) is 0 Å². The average molecular weight is 1730 g/mol. The van der Waals surface area contributed by atoms with Gasteiger partial charge in [-0.1, -0.05) is 36.9 Å². The molecular weight excluding hydrogens is 1620 g/mol. The van der Waals surface area contributed by atoms with Crippen molar-refractivity contribution in [3.8, 4) is 5.75 Å². The van der Waals surface area contributed by atoms with E-state index in [1.807, 2.05) is 0 Å². The van der Waals surface area contributed by atoms with Gasteiger partial charge in [-0.25, -0.2) is 38.4 Å². The molecule has 664 valence electrons. The van der Waals surface area contributed by atoms with E-state index in [-0.39, 0.29) is 124 Å². The number of hydrogen-bond donors (Lipinski definition) is 6. The molecular formula is C97H108N6O23. The number of anilines is 6. The highest BCUT2D eigenvalue weighted by Gasteiger charge is 2.32. The maximum atomic E-state index is 15.3. The lowest BCUT2D eigenvalue weighted by Gasteiger charge is -2.21. The van der Waals surface area contributed by atoms with Crippen LogP contribution in [0.4, 0.5) is 34.1 Å². The van der Waals surface area contributed by atoms with E-state index in [2.05, 4.69) is 38.5 Å². The van der Waals surface area contributed by atoms with Crippen molar-refractivity contribution >= 4 is 123 Å². The van der Waals surface area contributed by atoms with E-state index in [0.717, 1.165) is 23.8 Å². The third-order valence-electron chi connectivity index (χ3n) is 16.3. The molecule has 29 nitrogen and oxygen atoms in total. The lowest BCUT2D eigenvalue weighted by atomic mass is 10.0. The third-order valence-corrected chi connectivity index (χ3v) is 16.3. The lowest BCUT2D eigenvalue weighted by Crippen LogP contribution is -2.26. The number of benzene rings is 8. The molecule has 6 amide bonds. The van der Waals surface area contributed by atoms with Crippen LogP contribution in [0.3, 0.4) is 0 Å². The van der Waals surface area contributed by atoms with E-state index in [1.165, 1.54) is 109 Å². The number of nitrogens with one attached hydrogen (secondary N) is 6. The summed E-state index contributed by atoms with van der Waals surface area (Å²) in [6.07, 6.45) is 1.63. The fourth-order valence-electron chi connectivity index (χ4n) is 11.4. The minimum atomic E-state index is -1.02. The summed E-state index contributed by atoms with van der Waals surface area (Å²) in [4.78, 5) is 200. The van der Waals surface area contributed by atoms with E-state index in [0.29, 0.717) is 5.56 Å². The Morgan fingerprint density at radius 2 is 0.381 bits per heavy atom. The number of rotatable bonds is 24. The Morgan fingerprint density at radius 3 is 0.540 bits per heavy atom. The van der Waals surface area contributed by atoms with Crippen LogP contribution in [0.5, 0.6) is 5.75 Å². The van der Waals surface area contributed by atoms with Crippen LogP contribution in [0.2, 0.25) is 0 Å². The Balaban J connectivity index is 1.28. The van der Waals surface area contributed by atoms with Gasteiger partial charge in [0.2, 0.25) is 0 Å². The monoisotopic (exact) mass is 1720 g/mol. The summed E-state index contributed by atoms with van der Waals surface area (Å²) in [7, 11) is 0. The highest BCUT2D eigenvalue weighted by Crippen LogP contribution is 2.32. The summed E-state index contributed by atoms with van der Waals surface area (Å²) >= 11 is 0. The second-order valence-electron chi connectivity index (χ2n) is 37.5. The van der Waals surface area contributed by atoms with Crippen LogP contribution in [-0.4, -0.2) is 128 Å². The predicted molar refractivity (Wildman–Crippen MR) is 475 cm³/mol. The van der Waals surface area contributed by atoms with Crippen molar-refractivity contribution in [2.75, 3.05) is 31.9 Å². The summed E-state index contributed by atoms with van der Waals surface area (Å²) in [6.45, 7) is 42.7. The zero-order chi connectivity index (χ0) is 94.1. The molecule has 8 rings (SSSR count). The largest absolute Gasteiger partial charge is 0.489 e. The Bertz CT molecular complexity index is 4890. The predicted octanol–water partition coefficient (Wildman–Crippen LogP) is 19.1. The number of hydrogen-bond acceptors (Lipinski definition) is 23. The van der Waals surface area contributed by atoms with E-state index in [1.54, 1.807) is 197 Å². The molecule has 29 heteroatoms. The molecule has 126 heavy (non-hydrogen) atoms. The van der Waals surface area contributed by atoms with Crippen molar-refractivity contribution in [2.45, 2.75) is 218 Å². The van der Waals surface area contributed by atoms with Gasteiger partial charge in [0.05, 0.1) is 44.5 Å². The van der Waals surface area contributed by atoms with Crippen LogP contribution in [0, 0.1) is 0 Å². The highest BCUT2D eigenvalue weighted by atomic mass is 16.6. The molecule has 0 radical (unpaired) electrons. The topological polar surface area (TPSA) is 394 Å². The lowest BCUT2D eigenvalue weighted by molar-refractivity contribution is 0.00465. The molecule has 0 aliphatic carbocycles. The molecule has 8 aromatic rings. The normalized spacial score (nSPS) is 11.8. The number of amides is 6. The first-order valence-electron chi connectivity index (χ1n) is 40.1. The second kappa shape index (κ2) is 38.3. The minimum absolute atomic E-state index is 0.0977. The smallest absolute Gasteiger partial charge is 0.338 e. The molecule has 0 bridgehead atoms. The SMILES string of the molecule is C=Cc1ccc(COc2cc(C(=O)Nc3cc(C(=O)Nc4cc(C(=O)OC(C)(C)C)cc(C(=O)OC(C)(C)C)c4)cc(C(=O)Nc4cc(C(=O)OC(C)(C)C)cc(C(=O)OC(C)(C)C)c4)c3)cc(C(=O)Nc3cc(C(=O)Nc4cc(C(=O)OC(C)(C)C)cc(C(=O)OC(C)(C)C)c4)cc(C(=O)Nc4cc(C(=O)OC(C)(C)C)cc(C(=O)OC(C)(C)C)c4)c3)c2)cc1. The van der Waals surface area contributed by atoms with Crippen molar-refractivity contribution in [2.24, 2.45) is 0 Å². The van der Waals surface area contributed by atoms with Gasteiger partial charge in [0.1, 0.15) is 57.2 Å². The number of ether oxygens (including phenoxy) is 9. The fraction of sp³-hybridized carbons (Fsp3) is 0.340. The van der Waals surface area contributed by atoms with Crippen LogP contribution in [0.1, 0.15) is 322 Å². The van der Waals surface area contributed by atoms with Crippen molar-refractivity contribution in [3.05, 3.63) is 247 Å². The van der Waals surface area contributed by atoms with Crippen LogP contribution >= 0.6 is 0 Å². The van der Waals surface area contributed by atoms with Crippen LogP contribution in [0.15, 0.2) is 158 Å².